The van der Waals surface area contributed by atoms with Crippen molar-refractivity contribution in [3.8, 4) is 0 Å². The van der Waals surface area contributed by atoms with Gasteiger partial charge < -0.3 is 10.2 Å². The summed E-state index contributed by atoms with van der Waals surface area (Å²) in [6.07, 6.45) is 0.956. The van der Waals surface area contributed by atoms with Gasteiger partial charge in [0.2, 0.25) is 5.91 Å². The van der Waals surface area contributed by atoms with E-state index in [2.05, 4.69) is 33.0 Å². The summed E-state index contributed by atoms with van der Waals surface area (Å²) < 4.78 is 0. The normalized spacial score (nSPS) is 33.5. The Balaban J connectivity index is 1.98. The zero-order chi connectivity index (χ0) is 11.4. The predicted octanol–water partition coefficient (Wildman–Crippen LogP) is 1.24. The third-order valence-electron chi connectivity index (χ3n) is 4.82. The van der Waals surface area contributed by atoms with Crippen LogP contribution in [-0.2, 0) is 4.79 Å². The summed E-state index contributed by atoms with van der Waals surface area (Å²) in [6, 6.07) is 0.534. The van der Waals surface area contributed by atoms with Crippen LogP contribution in [0.4, 0.5) is 0 Å². The molecule has 1 atom stereocenters. The highest BCUT2D eigenvalue weighted by molar-refractivity contribution is 5.83. The highest BCUT2D eigenvalue weighted by Gasteiger charge is 2.65. The standard InChI is InChI=1S/C12H22N2O/c1-11(2)10(12(11,3)4)13-8-6-7-14(5)9(8)15/h8,10,13H,6-7H2,1-5H3. The first-order valence-corrected chi connectivity index (χ1v) is 5.79. The van der Waals surface area contributed by atoms with E-state index in [0.29, 0.717) is 16.9 Å². The maximum absolute atomic E-state index is 11.8. The lowest BCUT2D eigenvalue weighted by Crippen LogP contribution is -2.40. The minimum absolute atomic E-state index is 0.0565. The van der Waals surface area contributed by atoms with Gasteiger partial charge in [-0.3, -0.25) is 4.79 Å². The van der Waals surface area contributed by atoms with Gasteiger partial charge in [-0.25, -0.2) is 0 Å². The van der Waals surface area contributed by atoms with Crippen LogP contribution >= 0.6 is 0 Å². The molecule has 1 unspecified atom stereocenters. The third kappa shape index (κ3) is 1.40. The number of carbonyl (C=O) groups is 1. The predicted molar refractivity (Wildman–Crippen MR) is 60.5 cm³/mol. The molecule has 3 heteroatoms. The number of nitrogens with one attached hydrogen (secondary N) is 1. The van der Waals surface area contributed by atoms with Crippen LogP contribution < -0.4 is 5.32 Å². The highest BCUT2D eigenvalue weighted by Crippen LogP contribution is 2.62. The van der Waals surface area contributed by atoms with Crippen LogP contribution in [0.2, 0.25) is 0 Å². The fourth-order valence-electron chi connectivity index (χ4n) is 2.79. The van der Waals surface area contributed by atoms with E-state index in [1.807, 2.05) is 11.9 Å². The van der Waals surface area contributed by atoms with Crippen LogP contribution in [0, 0.1) is 10.8 Å². The highest BCUT2D eigenvalue weighted by atomic mass is 16.2. The van der Waals surface area contributed by atoms with Crippen molar-refractivity contribution in [2.75, 3.05) is 13.6 Å². The molecule has 0 aromatic rings. The molecule has 2 rings (SSSR count). The SMILES string of the molecule is CN1CCC(NC2C(C)(C)C2(C)C)C1=O. The molecule has 0 spiro atoms. The zero-order valence-electron chi connectivity index (χ0n) is 10.4. The fourth-order valence-corrected chi connectivity index (χ4v) is 2.79. The molecule has 1 aliphatic carbocycles. The summed E-state index contributed by atoms with van der Waals surface area (Å²) in [6.45, 7) is 9.98. The van der Waals surface area contributed by atoms with Crippen LogP contribution in [0.15, 0.2) is 0 Å². The molecule has 3 nitrogen and oxygen atoms in total. The van der Waals surface area contributed by atoms with E-state index >= 15 is 0 Å². The number of hydrogen-bond donors (Lipinski definition) is 1. The Bertz CT molecular complexity index is 282. The van der Waals surface area contributed by atoms with Gasteiger partial charge >= 0.3 is 0 Å². The van der Waals surface area contributed by atoms with Crippen molar-refractivity contribution in [1.29, 1.82) is 0 Å². The molecular weight excluding hydrogens is 188 g/mol. The molecule has 1 saturated heterocycles. The minimum Gasteiger partial charge on any atom is -0.344 e. The van der Waals surface area contributed by atoms with Crippen LogP contribution in [0.3, 0.4) is 0 Å². The lowest BCUT2D eigenvalue weighted by Gasteiger charge is -2.13. The van der Waals surface area contributed by atoms with Crippen LogP contribution in [-0.4, -0.2) is 36.5 Å². The fraction of sp³-hybridized carbons (Fsp3) is 0.917. The topological polar surface area (TPSA) is 32.3 Å². The first-order chi connectivity index (χ1) is 6.78. The summed E-state index contributed by atoms with van der Waals surface area (Å²) in [7, 11) is 1.88. The van der Waals surface area contributed by atoms with Gasteiger partial charge in [0.1, 0.15) is 0 Å². The largest absolute Gasteiger partial charge is 0.344 e. The molecule has 1 saturated carbocycles. The smallest absolute Gasteiger partial charge is 0.239 e. The maximum Gasteiger partial charge on any atom is 0.239 e. The van der Waals surface area contributed by atoms with Crippen molar-refractivity contribution < 1.29 is 4.79 Å². The summed E-state index contributed by atoms with van der Waals surface area (Å²) >= 11 is 0. The summed E-state index contributed by atoms with van der Waals surface area (Å²) in [4.78, 5) is 13.6. The molecule has 2 fully saturated rings. The van der Waals surface area contributed by atoms with Gasteiger partial charge in [-0.15, -0.1) is 0 Å². The lowest BCUT2D eigenvalue weighted by molar-refractivity contribution is -0.128. The molecule has 2 aliphatic rings. The Morgan fingerprint density at radius 2 is 1.80 bits per heavy atom. The second-order valence-electron chi connectivity index (χ2n) is 6.14. The van der Waals surface area contributed by atoms with Crippen LogP contribution in [0.25, 0.3) is 0 Å². The number of amides is 1. The average molecular weight is 210 g/mol. The Labute approximate surface area is 92.2 Å². The van der Waals surface area contributed by atoms with Crippen molar-refractivity contribution in [3.63, 3.8) is 0 Å². The van der Waals surface area contributed by atoms with E-state index in [-0.39, 0.29) is 11.9 Å². The molecule has 1 heterocycles. The second-order valence-corrected chi connectivity index (χ2v) is 6.14. The van der Waals surface area contributed by atoms with E-state index in [1.54, 1.807) is 0 Å². The minimum atomic E-state index is 0.0565. The molecule has 1 amide bonds. The number of nitrogens with zero attached hydrogens (tertiary/aromatic N) is 1. The summed E-state index contributed by atoms with van der Waals surface area (Å²) in [5.74, 6) is 0.258. The number of likely N-dealkylation sites (N-methyl/N-ethyl adjacent to an activating group) is 1. The molecule has 0 bridgehead atoms. The Morgan fingerprint density at radius 3 is 2.13 bits per heavy atom. The molecule has 86 valence electrons. The molecule has 0 aromatic carbocycles. The number of carbonyl (C=O) groups excluding carboxylic acids is 1. The Morgan fingerprint density at radius 1 is 1.27 bits per heavy atom. The molecular formula is C12H22N2O. The van der Waals surface area contributed by atoms with Crippen LogP contribution in [0.5, 0.6) is 0 Å². The van der Waals surface area contributed by atoms with Crippen molar-refractivity contribution in [1.82, 2.24) is 10.2 Å². The Hall–Kier alpha value is -0.570. The first kappa shape index (κ1) is 10.9. The second kappa shape index (κ2) is 2.97. The average Bonchev–Trinajstić information content (AvgIpc) is 2.43. The molecule has 1 aliphatic heterocycles. The van der Waals surface area contributed by atoms with Crippen molar-refractivity contribution in [2.24, 2.45) is 10.8 Å². The number of likely N-dealkylation sites (tertiary alicyclic amines) is 1. The quantitative estimate of drug-likeness (QED) is 0.744. The van der Waals surface area contributed by atoms with Gasteiger partial charge in [-0.05, 0) is 17.3 Å². The van der Waals surface area contributed by atoms with E-state index in [1.165, 1.54) is 0 Å². The van der Waals surface area contributed by atoms with Gasteiger partial charge in [0.15, 0.2) is 0 Å². The number of rotatable bonds is 2. The molecule has 0 radical (unpaired) electrons. The molecule has 15 heavy (non-hydrogen) atoms. The summed E-state index contributed by atoms with van der Waals surface area (Å²) in [5, 5.41) is 3.52. The maximum atomic E-state index is 11.8. The van der Waals surface area contributed by atoms with Gasteiger partial charge in [0.05, 0.1) is 6.04 Å². The van der Waals surface area contributed by atoms with Crippen molar-refractivity contribution in [2.45, 2.75) is 46.2 Å². The van der Waals surface area contributed by atoms with Crippen molar-refractivity contribution in [3.05, 3.63) is 0 Å². The Kier molecular flexibility index (Phi) is 2.16. The van der Waals surface area contributed by atoms with Gasteiger partial charge in [-0.1, -0.05) is 27.7 Å². The monoisotopic (exact) mass is 210 g/mol. The number of hydrogen-bond acceptors (Lipinski definition) is 2. The van der Waals surface area contributed by atoms with Gasteiger partial charge in [-0.2, -0.15) is 0 Å². The first-order valence-electron chi connectivity index (χ1n) is 5.79. The van der Waals surface area contributed by atoms with Gasteiger partial charge in [0.25, 0.3) is 0 Å². The van der Waals surface area contributed by atoms with Crippen LogP contribution in [0.1, 0.15) is 34.1 Å². The molecule has 1 N–H and O–H groups in total. The lowest BCUT2D eigenvalue weighted by atomic mass is 10.0. The third-order valence-corrected chi connectivity index (χ3v) is 4.82. The van der Waals surface area contributed by atoms with E-state index in [0.717, 1.165) is 13.0 Å². The zero-order valence-corrected chi connectivity index (χ0v) is 10.4. The van der Waals surface area contributed by atoms with E-state index < -0.39 is 0 Å². The summed E-state index contributed by atoms with van der Waals surface area (Å²) in [5.41, 5.74) is 0.628. The van der Waals surface area contributed by atoms with E-state index in [9.17, 15) is 4.79 Å². The van der Waals surface area contributed by atoms with Crippen molar-refractivity contribution >= 4 is 5.91 Å². The van der Waals surface area contributed by atoms with E-state index in [4.69, 9.17) is 0 Å². The van der Waals surface area contributed by atoms with Gasteiger partial charge in [0, 0.05) is 19.6 Å². The molecule has 0 aromatic heterocycles.